The number of pyridine rings is 3. The van der Waals surface area contributed by atoms with Gasteiger partial charge in [0.1, 0.15) is 5.82 Å². The first-order valence-corrected chi connectivity index (χ1v) is 18.5. The van der Waals surface area contributed by atoms with Gasteiger partial charge in [0.2, 0.25) is 5.71 Å². The van der Waals surface area contributed by atoms with Gasteiger partial charge < -0.3 is 14.4 Å². The van der Waals surface area contributed by atoms with Crippen LogP contribution in [0.3, 0.4) is 0 Å². The maximum absolute atomic E-state index is 13.9. The Morgan fingerprint density at radius 1 is 0.896 bits per heavy atom. The molecule has 0 aliphatic heterocycles. The smallest absolute Gasteiger partial charge is 0.216 e. The van der Waals surface area contributed by atoms with Gasteiger partial charge in [-0.25, -0.2) is 9.37 Å². The molecule has 0 aliphatic carbocycles. The molecule has 4 nitrogen and oxygen atoms in total. The fraction of sp³-hybridized carbons (Fsp3) is 0.195. The molecule has 0 spiro atoms. The molecule has 0 atom stereocenters. The van der Waals surface area contributed by atoms with Crippen molar-refractivity contribution in [3.8, 4) is 33.8 Å². The molecule has 7 aromatic rings. The van der Waals surface area contributed by atoms with E-state index >= 15 is 0 Å². The zero-order chi connectivity index (χ0) is 41.9. The zero-order valence-electron chi connectivity index (χ0n) is 37.2. The average molecular weight is 838 g/mol. The maximum atomic E-state index is 13.9. The number of benzene rings is 3. The molecule has 0 amide bonds. The van der Waals surface area contributed by atoms with Crippen LogP contribution in [0.25, 0.3) is 55.8 Å². The molecule has 245 valence electrons. The monoisotopic (exact) mass is 838 g/mol. The van der Waals surface area contributed by atoms with Gasteiger partial charge >= 0.3 is 0 Å². The van der Waals surface area contributed by atoms with E-state index in [9.17, 15) is 4.39 Å². The summed E-state index contributed by atoms with van der Waals surface area (Å²) in [6, 6.07) is 16.5. The summed E-state index contributed by atoms with van der Waals surface area (Å²) in [5.41, 5.74) is 2.77. The fourth-order valence-electron chi connectivity index (χ4n) is 4.96. The third kappa shape index (κ3) is 8.04. The molecule has 3 aromatic carbocycles. The summed E-state index contributed by atoms with van der Waals surface area (Å²) in [5, 5.41) is 2.39. The Kier molecular flexibility index (Phi) is 7.20. The number of hydrogen-bond acceptors (Lipinski definition) is 4. The molecule has 4 heterocycles. The van der Waals surface area contributed by atoms with Crippen molar-refractivity contribution in [2.75, 3.05) is 0 Å². The van der Waals surface area contributed by atoms with Crippen molar-refractivity contribution in [1.82, 2.24) is 15.0 Å². The molecule has 48 heavy (non-hydrogen) atoms. The van der Waals surface area contributed by atoms with E-state index < -0.39 is 49.8 Å². The quantitative estimate of drug-likeness (QED) is 0.128. The van der Waals surface area contributed by atoms with Crippen molar-refractivity contribution in [3.05, 3.63) is 133 Å². The standard InChI is InChI=1S/C22H12FN2O.C19H26NSi.Ir/c23-15-9-7-14(8-10-15)19-12-11-17-16-4-3-5-18(20-6-1-2-13-24-20)21(16)26-22(17)25-19;1-19(2,3)13-16-12-17(15-10-8-7-9-11-15)20-14-18(16)21(4,5)6;/h1-4,6-13H;7-10,12,14H,13H2,1-6H3;/q2*-1;/i1D,7D,8D,9D,10D;7D,8D,9D,13D2;. The van der Waals surface area contributed by atoms with E-state index in [-0.39, 0.29) is 55.2 Å². The number of halogens is 1. The van der Waals surface area contributed by atoms with Crippen LogP contribution in [0.15, 0.2) is 114 Å². The predicted molar refractivity (Wildman–Crippen MR) is 194 cm³/mol. The fourth-order valence-corrected chi connectivity index (χ4v) is 6.36. The van der Waals surface area contributed by atoms with E-state index in [0.29, 0.717) is 45.1 Å². The van der Waals surface area contributed by atoms with Crippen LogP contribution in [0.4, 0.5) is 4.39 Å². The van der Waals surface area contributed by atoms with Gasteiger partial charge in [-0.2, -0.15) is 0 Å². The van der Waals surface area contributed by atoms with Gasteiger partial charge in [0.15, 0.2) is 0 Å². The maximum Gasteiger partial charge on any atom is 0.216 e. The summed E-state index contributed by atoms with van der Waals surface area (Å²) in [6.07, 6.45) is 1.71. The van der Waals surface area contributed by atoms with Gasteiger partial charge in [0.05, 0.1) is 26.2 Å². The number of aromatic nitrogens is 3. The Bertz CT molecular complexity index is 2660. The van der Waals surface area contributed by atoms with E-state index in [4.69, 9.17) is 18.1 Å². The van der Waals surface area contributed by atoms with Crippen molar-refractivity contribution < 1.29 is 42.6 Å². The van der Waals surface area contributed by atoms with Gasteiger partial charge in [-0.1, -0.05) is 75.1 Å². The summed E-state index contributed by atoms with van der Waals surface area (Å²) in [7, 11) is -1.84. The molecule has 0 unspecified atom stereocenters. The van der Waals surface area contributed by atoms with Gasteiger partial charge in [-0.15, -0.1) is 54.0 Å². The summed E-state index contributed by atoms with van der Waals surface area (Å²) in [6.45, 7) is 12.1. The third-order valence-electron chi connectivity index (χ3n) is 7.06. The van der Waals surface area contributed by atoms with Crippen LogP contribution in [-0.2, 0) is 26.5 Å². The first-order valence-electron chi connectivity index (χ1n) is 20.0. The van der Waals surface area contributed by atoms with Crippen LogP contribution in [0.5, 0.6) is 0 Å². The van der Waals surface area contributed by atoms with Crippen LogP contribution in [0, 0.1) is 23.4 Å². The first-order chi connectivity index (χ1) is 26.5. The molecule has 7 rings (SSSR count). The minimum atomic E-state index is -1.84. The first kappa shape index (κ1) is 23.9. The molecule has 0 saturated carbocycles. The molecule has 1 radical (unpaired) electrons. The molecule has 0 bridgehead atoms. The molecule has 0 aliphatic rings. The Balaban J connectivity index is 0.000000221. The predicted octanol–water partition coefficient (Wildman–Crippen LogP) is 10.3. The van der Waals surface area contributed by atoms with Gasteiger partial charge in [-0.3, -0.25) is 0 Å². The molecular weight excluding hydrogens is 790 g/mol. The van der Waals surface area contributed by atoms with Crippen molar-refractivity contribution in [3.63, 3.8) is 0 Å². The molecule has 4 aromatic heterocycles. The average Bonchev–Trinajstić information content (AvgIpc) is 3.52. The second-order valence-corrected chi connectivity index (χ2v) is 17.9. The van der Waals surface area contributed by atoms with Crippen LogP contribution in [0.1, 0.15) is 40.0 Å². The van der Waals surface area contributed by atoms with Crippen molar-refractivity contribution in [2.45, 2.75) is 46.8 Å². The summed E-state index contributed by atoms with van der Waals surface area (Å²) in [5.74, 6) is -1.20. The SMILES string of the molecule is [2H]c1[c-]c(-c2cc(C([2H])([2H])C(C)(C)C)c([Si](C)(C)C)cn2)cc([2H])c1[2H].[2H]c1ccnc(-c2[c-]ccc3c2oc2nc(-c4c([2H])c([2H])c(F)c([2H])c4[2H])ccc23)c1.[Ir]. The van der Waals surface area contributed by atoms with Crippen LogP contribution >= 0.6 is 0 Å². The number of fused-ring (bicyclic) bond motifs is 3. The van der Waals surface area contributed by atoms with Crippen LogP contribution in [-0.4, -0.2) is 23.0 Å². The van der Waals surface area contributed by atoms with Crippen LogP contribution in [0.2, 0.25) is 19.6 Å². The molecule has 0 saturated heterocycles. The second-order valence-electron chi connectivity index (χ2n) is 12.9. The molecule has 0 fully saturated rings. The zero-order valence-corrected chi connectivity index (χ0v) is 30.6. The van der Waals surface area contributed by atoms with E-state index in [1.54, 1.807) is 42.6 Å². The Labute approximate surface area is 310 Å². The molecular formula is C41H38FIrN3OSi-2. The number of nitrogens with zero attached hydrogens (tertiary/aromatic N) is 3. The second kappa shape index (κ2) is 14.4. The number of furan rings is 1. The van der Waals surface area contributed by atoms with E-state index in [0.717, 1.165) is 10.6 Å². The normalized spacial score (nSPS) is 14.8. The third-order valence-corrected chi connectivity index (χ3v) is 9.07. The minimum Gasteiger partial charge on any atom is -0.486 e. The van der Waals surface area contributed by atoms with E-state index in [2.05, 4.69) is 46.7 Å². The minimum absolute atomic E-state index is 0. The van der Waals surface area contributed by atoms with E-state index in [1.165, 1.54) is 12.3 Å². The van der Waals surface area contributed by atoms with Crippen molar-refractivity contribution in [2.24, 2.45) is 5.41 Å². The summed E-state index contributed by atoms with van der Waals surface area (Å²) < 4.78 is 100. The molecule has 0 N–H and O–H groups in total. The summed E-state index contributed by atoms with van der Waals surface area (Å²) >= 11 is 0. The number of hydrogen-bond donors (Lipinski definition) is 0. The Morgan fingerprint density at radius 3 is 2.40 bits per heavy atom. The van der Waals surface area contributed by atoms with Crippen LogP contribution < -0.4 is 5.19 Å². The van der Waals surface area contributed by atoms with Gasteiger partial charge in [-0.05, 0) is 72.1 Å². The van der Waals surface area contributed by atoms with Gasteiger partial charge in [0, 0.05) is 48.9 Å². The topological polar surface area (TPSA) is 51.8 Å². The van der Waals surface area contributed by atoms with Gasteiger partial charge in [0.25, 0.3) is 0 Å². The van der Waals surface area contributed by atoms with Crippen molar-refractivity contribution in [1.29, 1.82) is 0 Å². The largest absolute Gasteiger partial charge is 0.486 e. The Morgan fingerprint density at radius 2 is 1.69 bits per heavy atom. The molecule has 7 heteroatoms. The number of rotatable bonds is 5. The Hall–Kier alpha value is -4.29. The van der Waals surface area contributed by atoms with Crippen molar-refractivity contribution >= 4 is 35.3 Å². The summed E-state index contributed by atoms with van der Waals surface area (Å²) in [4.78, 5) is 13.2. The van der Waals surface area contributed by atoms with E-state index in [1.807, 2.05) is 26.8 Å².